The van der Waals surface area contributed by atoms with Crippen LogP contribution in [0.2, 0.25) is 0 Å². The van der Waals surface area contributed by atoms with Crippen LogP contribution in [0.5, 0.6) is 0 Å². The number of hydrogen-bond acceptors (Lipinski definition) is 24. The molecule has 12 N–H and O–H groups in total. The Balaban J connectivity index is 4.13. The van der Waals surface area contributed by atoms with Gasteiger partial charge in [0.2, 0.25) is 24.1 Å². The van der Waals surface area contributed by atoms with Crippen LogP contribution in [0.15, 0.2) is 48.8 Å². The van der Waals surface area contributed by atoms with Crippen molar-refractivity contribution in [3.63, 3.8) is 0 Å². The molecule has 0 saturated carbocycles. The lowest BCUT2D eigenvalue weighted by Crippen LogP contribution is -2.47. The molecular formula is C33H56N12O16. The lowest BCUT2D eigenvalue weighted by atomic mass is 10.4. The molecule has 1 heterocycles. The highest BCUT2D eigenvalue weighted by Crippen LogP contribution is 2.22. The van der Waals surface area contributed by atoms with Gasteiger partial charge < -0.3 is 77.0 Å². The number of amides is 4. The molecule has 4 atom stereocenters. The Morgan fingerprint density at radius 2 is 1.07 bits per heavy atom. The highest BCUT2D eigenvalue weighted by atomic mass is 17.2. The first-order chi connectivity index (χ1) is 29.1. The summed E-state index contributed by atoms with van der Waals surface area (Å²) >= 11 is 0. The Bertz CT molecular complexity index is 1540. The third-order valence-electron chi connectivity index (χ3n) is 6.59. The molecule has 1 aromatic heterocycles. The van der Waals surface area contributed by atoms with Crippen LogP contribution in [-0.4, -0.2) is 131 Å². The van der Waals surface area contributed by atoms with E-state index in [1.165, 1.54) is 45.4 Å². The SMILES string of the molecule is C/C=C\OO/C=C(/N)N(CNC(=O)OC(C)CO)c1nc(N(CNC(=O)OCC(C)O)CNC(=O)OC(C)CO)nc(N(CNC(=O)OC(O)CC)/C(N)=C\OO/C=C\C)n1. The summed E-state index contributed by atoms with van der Waals surface area (Å²) in [4.78, 5) is 86.8. The first-order valence-electron chi connectivity index (χ1n) is 18.2. The summed E-state index contributed by atoms with van der Waals surface area (Å²) in [5.74, 6) is -1.99. The van der Waals surface area contributed by atoms with Crippen LogP contribution in [0.25, 0.3) is 0 Å². The number of nitrogens with zero attached hydrogens (tertiary/aromatic N) is 6. The minimum absolute atomic E-state index is 0.0567. The number of carbonyl (C=O) groups is 4. The highest BCUT2D eigenvalue weighted by molar-refractivity contribution is 5.70. The average Bonchev–Trinajstić information content (AvgIpc) is 3.22. The van der Waals surface area contributed by atoms with Gasteiger partial charge >= 0.3 is 24.4 Å². The first kappa shape index (κ1) is 52.1. The van der Waals surface area contributed by atoms with E-state index in [9.17, 15) is 39.6 Å². The molecule has 0 aliphatic heterocycles. The summed E-state index contributed by atoms with van der Waals surface area (Å²) in [6.07, 6.45) is -1.33. The van der Waals surface area contributed by atoms with Gasteiger partial charge in [0, 0.05) is 6.42 Å². The normalized spacial score (nSPS) is 13.5. The maximum absolute atomic E-state index is 12.7. The number of anilines is 3. The van der Waals surface area contributed by atoms with Crippen molar-refractivity contribution in [2.45, 2.75) is 72.6 Å². The van der Waals surface area contributed by atoms with Crippen LogP contribution in [0, 0.1) is 0 Å². The van der Waals surface area contributed by atoms with Crippen LogP contribution in [0.3, 0.4) is 0 Å². The van der Waals surface area contributed by atoms with Crippen LogP contribution in [-0.2, 0) is 38.5 Å². The van der Waals surface area contributed by atoms with E-state index in [1.54, 1.807) is 20.8 Å². The van der Waals surface area contributed by atoms with Crippen molar-refractivity contribution >= 4 is 42.2 Å². The Kier molecular flexibility index (Phi) is 25.0. The van der Waals surface area contributed by atoms with Crippen molar-refractivity contribution in [1.29, 1.82) is 0 Å². The van der Waals surface area contributed by atoms with Gasteiger partial charge in [0.15, 0.2) is 12.5 Å². The van der Waals surface area contributed by atoms with E-state index in [-0.39, 0.29) is 24.7 Å². The maximum Gasteiger partial charge on any atom is 0.410 e. The molecule has 344 valence electrons. The zero-order chi connectivity index (χ0) is 45.7. The second kappa shape index (κ2) is 29.3. The zero-order valence-corrected chi connectivity index (χ0v) is 34.5. The smallest absolute Gasteiger partial charge is 0.410 e. The monoisotopic (exact) mass is 876 g/mol. The molecule has 61 heavy (non-hydrogen) atoms. The van der Waals surface area contributed by atoms with Gasteiger partial charge in [-0.2, -0.15) is 15.0 Å². The van der Waals surface area contributed by atoms with Crippen molar-refractivity contribution in [3.8, 4) is 0 Å². The molecule has 1 rings (SSSR count). The number of rotatable bonds is 27. The molecule has 0 aliphatic carbocycles. The van der Waals surface area contributed by atoms with Crippen molar-refractivity contribution in [2.24, 2.45) is 11.5 Å². The minimum atomic E-state index is -1.47. The van der Waals surface area contributed by atoms with Crippen molar-refractivity contribution < 1.29 is 78.1 Å². The van der Waals surface area contributed by atoms with E-state index >= 15 is 0 Å². The summed E-state index contributed by atoms with van der Waals surface area (Å²) in [5, 5.41) is 47.8. The number of nitrogens with two attached hydrogens (primary N) is 2. The second-order valence-corrected chi connectivity index (χ2v) is 11.9. The summed E-state index contributed by atoms with van der Waals surface area (Å²) in [5.41, 5.74) is 12.7. The van der Waals surface area contributed by atoms with E-state index in [4.69, 9.17) is 50.0 Å². The van der Waals surface area contributed by atoms with Gasteiger partial charge in [-0.1, -0.05) is 6.92 Å². The standard InChI is InChI=1S/C33H56N12O16/c1-7-10-55-57-15-24(34)44(19-38-32(52)60-23(6)13-47)28-40-27(43(17-36-30(50)54-14-21(4)48)18-37-31(51)59-22(5)12-46)41-29(42-28)45(25(35)16-58-56-11-8-2)20-39-33(53)61-26(49)9-3/h7-8,10-11,15-16,21-23,26,46-49H,9,12-14,17-20,34-35H2,1-6H3,(H,36,50)(H,37,51)(H,38,52)(H,39,53)/b10-7-,11-8-,24-15-,25-16-. The fraction of sp³-hybridized carbons (Fsp3) is 0.545. The Morgan fingerprint density at radius 3 is 1.48 bits per heavy atom. The van der Waals surface area contributed by atoms with Crippen LogP contribution >= 0.6 is 0 Å². The Labute approximate surface area is 350 Å². The maximum atomic E-state index is 12.7. The zero-order valence-electron chi connectivity index (χ0n) is 34.5. The molecule has 0 aliphatic rings. The fourth-order valence-corrected chi connectivity index (χ4v) is 3.56. The van der Waals surface area contributed by atoms with Gasteiger partial charge in [0.05, 0.1) is 32.7 Å². The number of nitrogens with one attached hydrogen (secondary N) is 4. The number of aromatic nitrogens is 3. The Hall–Kier alpha value is -6.91. The lowest BCUT2D eigenvalue weighted by Gasteiger charge is -2.29. The van der Waals surface area contributed by atoms with Gasteiger partial charge in [0.25, 0.3) is 0 Å². The molecule has 0 saturated heterocycles. The number of ether oxygens (including phenoxy) is 4. The third kappa shape index (κ3) is 21.6. The number of allylic oxidation sites excluding steroid dienone is 2. The van der Waals surface area contributed by atoms with E-state index < -0.39 is 107 Å². The van der Waals surface area contributed by atoms with Gasteiger partial charge in [-0.05, 0) is 46.8 Å². The molecule has 0 bridgehead atoms. The highest BCUT2D eigenvalue weighted by Gasteiger charge is 2.26. The summed E-state index contributed by atoms with van der Waals surface area (Å²) in [6.45, 7) is 5.37. The van der Waals surface area contributed by atoms with Crippen molar-refractivity contribution in [3.05, 3.63) is 48.8 Å². The molecule has 0 radical (unpaired) electrons. The number of aliphatic hydroxyl groups is 4. The van der Waals surface area contributed by atoms with E-state index in [1.807, 2.05) is 0 Å². The molecule has 1 aromatic rings. The Morgan fingerprint density at radius 1 is 0.656 bits per heavy atom. The van der Waals surface area contributed by atoms with E-state index in [2.05, 4.69) is 36.2 Å². The summed E-state index contributed by atoms with van der Waals surface area (Å²) < 4.78 is 20.0. The predicted molar refractivity (Wildman–Crippen MR) is 210 cm³/mol. The number of hydrogen-bond donors (Lipinski definition) is 10. The lowest BCUT2D eigenvalue weighted by molar-refractivity contribution is -0.196. The van der Waals surface area contributed by atoms with Crippen molar-refractivity contribution in [2.75, 3.05) is 61.2 Å². The van der Waals surface area contributed by atoms with Crippen LogP contribution in [0.1, 0.15) is 48.0 Å². The molecule has 0 spiro atoms. The molecule has 28 heteroatoms. The van der Waals surface area contributed by atoms with Gasteiger partial charge in [-0.3, -0.25) is 29.4 Å². The first-order valence-corrected chi connectivity index (χ1v) is 18.2. The minimum Gasteiger partial charge on any atom is -0.447 e. The average molecular weight is 877 g/mol. The van der Waals surface area contributed by atoms with E-state index in [0.29, 0.717) is 0 Å². The van der Waals surface area contributed by atoms with Gasteiger partial charge in [-0.15, -0.1) is 0 Å². The van der Waals surface area contributed by atoms with Crippen LogP contribution < -0.4 is 47.4 Å². The number of alkyl carbamates (subject to hydrolysis) is 4. The summed E-state index contributed by atoms with van der Waals surface area (Å²) in [7, 11) is 0. The third-order valence-corrected chi connectivity index (χ3v) is 6.59. The van der Waals surface area contributed by atoms with Crippen molar-refractivity contribution in [1.82, 2.24) is 36.2 Å². The molecular weight excluding hydrogens is 820 g/mol. The molecule has 0 aromatic carbocycles. The quantitative estimate of drug-likeness (QED) is 0.0131. The molecule has 4 amide bonds. The summed E-state index contributed by atoms with van der Waals surface area (Å²) in [6, 6.07) is 0. The largest absolute Gasteiger partial charge is 0.447 e. The topological polar surface area (TPSA) is 372 Å². The number of carbonyl (C=O) groups excluding carboxylic acids is 4. The molecule has 4 unspecified atom stereocenters. The van der Waals surface area contributed by atoms with Gasteiger partial charge in [-0.25, -0.2) is 19.2 Å². The van der Waals surface area contributed by atoms with Crippen LogP contribution in [0.4, 0.5) is 37.0 Å². The number of aliphatic hydroxyl groups excluding tert-OH is 4. The second-order valence-electron chi connectivity index (χ2n) is 11.9. The van der Waals surface area contributed by atoms with E-state index in [0.717, 1.165) is 27.2 Å². The fourth-order valence-electron chi connectivity index (χ4n) is 3.56. The van der Waals surface area contributed by atoms with Gasteiger partial charge in [0.1, 0.15) is 56.3 Å². The molecule has 0 fully saturated rings. The predicted octanol–water partition coefficient (Wildman–Crippen LogP) is -0.625. The molecule has 28 nitrogen and oxygen atoms in total.